The van der Waals surface area contributed by atoms with Gasteiger partial charge in [0.1, 0.15) is 18.0 Å². The van der Waals surface area contributed by atoms with Crippen molar-refractivity contribution < 1.29 is 19.0 Å². The number of fused-ring (bicyclic) bond motifs is 3. The summed E-state index contributed by atoms with van der Waals surface area (Å²) < 4.78 is 21.4. The standard InChI is InChI=1S/C24H29BrN2O4/c1-5-27-11-17(25)20(26-27)22(28)30-13-24-12-29-21-16-8-6-7-9-18(16)31-23(4,10-14(24)2)19(21)15(24)3/h6-9,11,14-15,19,21H,5,10,12-13H2,1-4H3/t14-,15-,19+,21-,23-,24+/m1/s1. The van der Waals surface area contributed by atoms with Gasteiger partial charge >= 0.3 is 5.97 Å². The molecule has 2 aromatic rings. The topological polar surface area (TPSA) is 62.6 Å². The lowest BCUT2D eigenvalue weighted by Crippen LogP contribution is -2.66. The lowest BCUT2D eigenvalue weighted by molar-refractivity contribution is -0.259. The molecule has 1 saturated heterocycles. The van der Waals surface area contributed by atoms with E-state index < -0.39 is 5.97 Å². The number of carbonyl (C=O) groups is 1. The van der Waals surface area contributed by atoms with Crippen molar-refractivity contribution in [3.63, 3.8) is 0 Å². The molecule has 6 nitrogen and oxygen atoms in total. The predicted molar refractivity (Wildman–Crippen MR) is 119 cm³/mol. The Morgan fingerprint density at radius 2 is 2.13 bits per heavy atom. The normalized spacial score (nSPS) is 35.8. The first-order valence-corrected chi connectivity index (χ1v) is 11.9. The molecule has 0 unspecified atom stereocenters. The van der Waals surface area contributed by atoms with Gasteiger partial charge in [-0.1, -0.05) is 32.0 Å². The summed E-state index contributed by atoms with van der Waals surface area (Å²) in [4.78, 5) is 12.8. The summed E-state index contributed by atoms with van der Waals surface area (Å²) >= 11 is 3.43. The quantitative estimate of drug-likeness (QED) is 0.565. The van der Waals surface area contributed by atoms with Gasteiger partial charge in [0.25, 0.3) is 0 Å². The zero-order valence-corrected chi connectivity index (χ0v) is 20.0. The predicted octanol–water partition coefficient (Wildman–Crippen LogP) is 5.02. The molecule has 2 aliphatic heterocycles. The third-order valence-corrected chi connectivity index (χ3v) is 8.56. The van der Waals surface area contributed by atoms with E-state index in [1.165, 1.54) is 0 Å². The number of halogens is 1. The second kappa shape index (κ2) is 7.34. The Morgan fingerprint density at radius 1 is 1.35 bits per heavy atom. The largest absolute Gasteiger partial charge is 0.487 e. The Labute approximate surface area is 191 Å². The Balaban J connectivity index is 1.42. The maximum atomic E-state index is 12.8. The van der Waals surface area contributed by atoms with Gasteiger partial charge < -0.3 is 14.2 Å². The number of nitrogens with zero attached hydrogens (tertiary/aromatic N) is 2. The molecule has 7 heteroatoms. The minimum Gasteiger partial charge on any atom is -0.487 e. The van der Waals surface area contributed by atoms with E-state index >= 15 is 0 Å². The van der Waals surface area contributed by atoms with Crippen molar-refractivity contribution in [3.8, 4) is 5.75 Å². The molecule has 1 aliphatic carbocycles. The smallest absolute Gasteiger partial charge is 0.360 e. The molecule has 5 rings (SSSR count). The van der Waals surface area contributed by atoms with Crippen LogP contribution in [0.1, 0.15) is 56.3 Å². The molecule has 0 radical (unpaired) electrons. The molecule has 1 aromatic carbocycles. The Kier molecular flexibility index (Phi) is 4.97. The molecule has 0 spiro atoms. The van der Waals surface area contributed by atoms with Crippen LogP contribution in [0.25, 0.3) is 0 Å². The van der Waals surface area contributed by atoms with E-state index in [-0.39, 0.29) is 34.9 Å². The number of carbonyl (C=O) groups excluding carboxylic acids is 1. The van der Waals surface area contributed by atoms with Crippen molar-refractivity contribution in [1.29, 1.82) is 0 Å². The molecule has 0 N–H and O–H groups in total. The molecule has 3 aliphatic rings. The number of aromatic nitrogens is 2. The van der Waals surface area contributed by atoms with Crippen molar-refractivity contribution in [3.05, 3.63) is 46.2 Å². The SMILES string of the molecule is CCn1cc(Br)c(C(=O)OC[C@@]23CO[C@@H]4c5ccccc5O[C@](C)(C[C@H]2C)[C@H]4[C@H]3C)n1. The fourth-order valence-electron chi connectivity index (χ4n) is 6.22. The maximum absolute atomic E-state index is 12.8. The highest BCUT2D eigenvalue weighted by Gasteiger charge is 2.64. The zero-order valence-electron chi connectivity index (χ0n) is 18.4. The summed E-state index contributed by atoms with van der Waals surface area (Å²) in [5.74, 6) is 1.30. The van der Waals surface area contributed by atoms with Gasteiger partial charge in [0, 0.05) is 29.6 Å². The number of para-hydroxylation sites is 1. The molecule has 166 valence electrons. The second-order valence-electron chi connectivity index (χ2n) is 9.59. The number of aryl methyl sites for hydroxylation is 1. The van der Waals surface area contributed by atoms with Crippen LogP contribution >= 0.6 is 15.9 Å². The number of rotatable bonds is 4. The Hall–Kier alpha value is -1.86. The third kappa shape index (κ3) is 3.07. The van der Waals surface area contributed by atoms with Crippen LogP contribution in [-0.2, 0) is 16.0 Å². The van der Waals surface area contributed by atoms with Crippen LogP contribution in [0, 0.1) is 23.2 Å². The first-order chi connectivity index (χ1) is 14.8. The van der Waals surface area contributed by atoms with Crippen LogP contribution in [-0.4, -0.2) is 34.6 Å². The molecular weight excluding hydrogens is 460 g/mol. The maximum Gasteiger partial charge on any atom is 0.360 e. The van der Waals surface area contributed by atoms with Gasteiger partial charge in [-0.25, -0.2) is 4.79 Å². The Bertz CT molecular complexity index is 1020. The average Bonchev–Trinajstić information content (AvgIpc) is 3.12. The van der Waals surface area contributed by atoms with Gasteiger partial charge in [-0.15, -0.1) is 0 Å². The number of hydrogen-bond acceptors (Lipinski definition) is 5. The van der Waals surface area contributed by atoms with Gasteiger partial charge in [-0.3, -0.25) is 4.68 Å². The molecule has 2 bridgehead atoms. The summed E-state index contributed by atoms with van der Waals surface area (Å²) in [6.07, 6.45) is 2.72. The molecule has 1 saturated carbocycles. The monoisotopic (exact) mass is 488 g/mol. The molecule has 1 aromatic heterocycles. The van der Waals surface area contributed by atoms with Crippen molar-refractivity contribution in [2.45, 2.75) is 52.4 Å². The fourth-order valence-corrected chi connectivity index (χ4v) is 6.70. The van der Waals surface area contributed by atoms with Gasteiger partial charge in [-0.05, 0) is 54.1 Å². The highest BCUT2D eigenvalue weighted by molar-refractivity contribution is 9.10. The average molecular weight is 489 g/mol. The third-order valence-electron chi connectivity index (χ3n) is 7.98. The lowest BCUT2D eigenvalue weighted by Gasteiger charge is -2.63. The first kappa shape index (κ1) is 21.0. The molecule has 2 fully saturated rings. The molecular formula is C24H29BrN2O4. The van der Waals surface area contributed by atoms with E-state index in [9.17, 15) is 4.79 Å². The van der Waals surface area contributed by atoms with Crippen LogP contribution in [0.5, 0.6) is 5.75 Å². The minimum absolute atomic E-state index is 0.00988. The highest BCUT2D eigenvalue weighted by atomic mass is 79.9. The van der Waals surface area contributed by atoms with E-state index in [1.54, 1.807) is 10.9 Å². The van der Waals surface area contributed by atoms with Gasteiger partial charge in [0.2, 0.25) is 0 Å². The van der Waals surface area contributed by atoms with E-state index in [4.69, 9.17) is 14.2 Å². The number of esters is 1. The minimum atomic E-state index is -0.395. The number of ether oxygens (including phenoxy) is 3. The summed E-state index contributed by atoms with van der Waals surface area (Å²) in [5, 5.41) is 4.33. The molecule has 0 amide bonds. The number of hydrogen-bond donors (Lipinski definition) is 0. The van der Waals surface area contributed by atoms with Crippen molar-refractivity contribution in [2.24, 2.45) is 23.2 Å². The second-order valence-corrected chi connectivity index (χ2v) is 10.4. The molecule has 31 heavy (non-hydrogen) atoms. The summed E-state index contributed by atoms with van der Waals surface area (Å²) in [5.41, 5.74) is 0.912. The van der Waals surface area contributed by atoms with Crippen molar-refractivity contribution >= 4 is 21.9 Å². The summed E-state index contributed by atoms with van der Waals surface area (Å²) in [7, 11) is 0. The van der Waals surface area contributed by atoms with E-state index in [1.807, 2.05) is 25.1 Å². The number of benzene rings is 1. The van der Waals surface area contributed by atoms with Crippen LogP contribution < -0.4 is 4.74 Å². The van der Waals surface area contributed by atoms with Crippen molar-refractivity contribution in [2.75, 3.05) is 13.2 Å². The van der Waals surface area contributed by atoms with Crippen LogP contribution in [0.4, 0.5) is 0 Å². The highest BCUT2D eigenvalue weighted by Crippen LogP contribution is 2.63. The fraction of sp³-hybridized carbons (Fsp3) is 0.583. The zero-order chi connectivity index (χ0) is 22.0. The van der Waals surface area contributed by atoms with Gasteiger partial charge in [-0.2, -0.15) is 5.10 Å². The van der Waals surface area contributed by atoms with Crippen LogP contribution in [0.3, 0.4) is 0 Å². The molecule has 6 atom stereocenters. The van der Waals surface area contributed by atoms with Crippen LogP contribution in [0.15, 0.2) is 34.9 Å². The lowest BCUT2D eigenvalue weighted by atomic mass is 9.50. The molecule has 3 heterocycles. The van der Waals surface area contributed by atoms with Gasteiger partial charge in [0.05, 0.1) is 17.2 Å². The van der Waals surface area contributed by atoms with E-state index in [2.05, 4.69) is 47.9 Å². The van der Waals surface area contributed by atoms with Gasteiger partial charge in [0.15, 0.2) is 5.69 Å². The van der Waals surface area contributed by atoms with E-state index in [0.717, 1.165) is 17.7 Å². The Morgan fingerprint density at radius 3 is 2.87 bits per heavy atom. The summed E-state index contributed by atoms with van der Waals surface area (Å²) in [6, 6.07) is 8.21. The van der Waals surface area contributed by atoms with E-state index in [0.29, 0.717) is 29.9 Å². The summed E-state index contributed by atoms with van der Waals surface area (Å²) in [6.45, 7) is 10.3. The van der Waals surface area contributed by atoms with Crippen molar-refractivity contribution in [1.82, 2.24) is 9.78 Å². The van der Waals surface area contributed by atoms with Crippen LogP contribution in [0.2, 0.25) is 0 Å². The first-order valence-electron chi connectivity index (χ1n) is 11.1.